The summed E-state index contributed by atoms with van der Waals surface area (Å²) in [5, 5.41) is 15.8. The molecule has 0 fully saturated rings. The topological polar surface area (TPSA) is 93.7 Å². The highest BCUT2D eigenvalue weighted by Crippen LogP contribution is 2.37. The van der Waals surface area contributed by atoms with Crippen molar-refractivity contribution in [3.05, 3.63) is 41.6 Å². The molecular weight excluding hydrogens is 350 g/mol. The predicted molar refractivity (Wildman–Crippen MR) is 115 cm³/mol. The van der Waals surface area contributed by atoms with Crippen molar-refractivity contribution in [2.24, 2.45) is 5.73 Å². The summed E-state index contributed by atoms with van der Waals surface area (Å²) in [5.41, 5.74) is 9.98. The van der Waals surface area contributed by atoms with Crippen LogP contribution in [0.25, 0.3) is 11.4 Å². The Labute approximate surface area is 167 Å². The second-order valence-electron chi connectivity index (χ2n) is 7.88. The molecule has 0 radical (unpaired) electrons. The third-order valence-corrected chi connectivity index (χ3v) is 4.58. The molecule has 3 rings (SSSR count). The molecule has 1 atom stereocenters. The van der Waals surface area contributed by atoms with Gasteiger partial charge in [-0.2, -0.15) is 10.1 Å². The van der Waals surface area contributed by atoms with Crippen LogP contribution in [-0.4, -0.2) is 32.3 Å². The van der Waals surface area contributed by atoms with Gasteiger partial charge < -0.3 is 20.9 Å². The monoisotopic (exact) mass is 381 g/mol. The molecule has 150 valence electrons. The molecule has 2 aliphatic rings. The largest absolute Gasteiger partial charge is 0.364 e. The normalized spacial score (nSPS) is 12.7. The van der Waals surface area contributed by atoms with E-state index in [1.54, 1.807) is 0 Å². The molecule has 2 aliphatic heterocycles. The van der Waals surface area contributed by atoms with Crippen LogP contribution in [0, 0.1) is 0 Å². The Balaban J connectivity index is 2.07. The smallest absolute Gasteiger partial charge is 0.205 e. The molecule has 1 aromatic carbocycles. The van der Waals surface area contributed by atoms with Gasteiger partial charge in [0.05, 0.1) is 11.4 Å². The van der Waals surface area contributed by atoms with Crippen LogP contribution in [0.15, 0.2) is 30.3 Å². The van der Waals surface area contributed by atoms with E-state index >= 15 is 0 Å². The molecule has 0 aliphatic carbocycles. The van der Waals surface area contributed by atoms with Crippen LogP contribution < -0.4 is 16.4 Å². The average Bonchev–Trinajstić information content (AvgIpc) is 3.09. The zero-order chi connectivity index (χ0) is 20.3. The summed E-state index contributed by atoms with van der Waals surface area (Å²) in [6, 6.07) is 10.5. The standard InChI is InChI=1S/C21H31N7/c1-13(2)17-19-18(27-26-17)20(23-12-16-9-7-6-8-10-16)25-21(24-11-15(5)22)28(19)14(3)4/h6-10,13-15,23H,11-12,22H2,1-5H3,(H,24,25). The highest BCUT2D eigenvalue weighted by molar-refractivity contribution is 5.74. The van der Waals surface area contributed by atoms with E-state index in [-0.39, 0.29) is 18.0 Å². The fourth-order valence-electron chi connectivity index (χ4n) is 3.21. The molecule has 0 saturated carbocycles. The van der Waals surface area contributed by atoms with Crippen molar-refractivity contribution in [1.29, 1.82) is 0 Å². The summed E-state index contributed by atoms with van der Waals surface area (Å²) in [6.45, 7) is 11.9. The number of nitrogens with one attached hydrogen (secondary N) is 2. The van der Waals surface area contributed by atoms with Gasteiger partial charge in [0.25, 0.3) is 0 Å². The van der Waals surface area contributed by atoms with E-state index in [1.807, 2.05) is 25.1 Å². The molecule has 1 aromatic rings. The lowest BCUT2D eigenvalue weighted by Crippen LogP contribution is -2.28. The summed E-state index contributed by atoms with van der Waals surface area (Å²) < 4.78 is 2.18. The second-order valence-corrected chi connectivity index (χ2v) is 7.88. The average molecular weight is 382 g/mol. The number of hydrogen-bond donors (Lipinski definition) is 3. The highest BCUT2D eigenvalue weighted by atomic mass is 15.3. The van der Waals surface area contributed by atoms with Gasteiger partial charge in [-0.3, -0.25) is 0 Å². The molecule has 1 unspecified atom stereocenters. The number of aromatic nitrogens is 4. The fourth-order valence-corrected chi connectivity index (χ4v) is 3.21. The molecule has 7 nitrogen and oxygen atoms in total. The van der Waals surface area contributed by atoms with Crippen LogP contribution in [0.4, 0.5) is 11.8 Å². The van der Waals surface area contributed by atoms with Crippen molar-refractivity contribution in [2.45, 2.75) is 59.2 Å². The van der Waals surface area contributed by atoms with E-state index in [0.29, 0.717) is 13.1 Å². The molecular formula is C21H31N7. The maximum atomic E-state index is 5.97. The first-order valence-electron chi connectivity index (χ1n) is 9.94. The zero-order valence-corrected chi connectivity index (χ0v) is 17.4. The predicted octanol–water partition coefficient (Wildman–Crippen LogP) is 3.85. The van der Waals surface area contributed by atoms with Crippen LogP contribution >= 0.6 is 0 Å². The summed E-state index contributed by atoms with van der Waals surface area (Å²) in [6.07, 6.45) is 0. The van der Waals surface area contributed by atoms with Gasteiger partial charge in [-0.25, -0.2) is 0 Å². The maximum absolute atomic E-state index is 5.97. The first kappa shape index (κ1) is 20.1. The van der Waals surface area contributed by atoms with Gasteiger partial charge in [-0.05, 0) is 32.3 Å². The molecule has 7 heteroatoms. The van der Waals surface area contributed by atoms with Crippen LogP contribution in [0.1, 0.15) is 57.8 Å². The van der Waals surface area contributed by atoms with Gasteiger partial charge in [0, 0.05) is 25.2 Å². The van der Waals surface area contributed by atoms with Crippen molar-refractivity contribution >= 4 is 11.8 Å². The minimum absolute atomic E-state index is 0.0271. The Morgan fingerprint density at radius 3 is 2.32 bits per heavy atom. The first-order valence-corrected chi connectivity index (χ1v) is 9.94. The second kappa shape index (κ2) is 8.56. The third-order valence-electron chi connectivity index (χ3n) is 4.58. The lowest BCUT2D eigenvalue weighted by atomic mass is 10.1. The van der Waals surface area contributed by atoms with E-state index in [0.717, 1.165) is 28.8 Å². The minimum Gasteiger partial charge on any atom is -0.364 e. The molecule has 4 N–H and O–H groups in total. The number of rotatable bonds is 8. The Hall–Kier alpha value is -2.67. The Morgan fingerprint density at radius 1 is 1.00 bits per heavy atom. The summed E-state index contributed by atoms with van der Waals surface area (Å²) in [7, 11) is 0. The van der Waals surface area contributed by atoms with E-state index in [4.69, 9.17) is 10.7 Å². The van der Waals surface area contributed by atoms with Gasteiger partial charge in [-0.1, -0.05) is 44.2 Å². The lowest BCUT2D eigenvalue weighted by molar-refractivity contribution is 0.590. The number of hydrogen-bond acceptors (Lipinski definition) is 6. The quantitative estimate of drug-likeness (QED) is 0.549. The summed E-state index contributed by atoms with van der Waals surface area (Å²) >= 11 is 0. The number of benzene rings is 1. The fraction of sp³-hybridized carbons (Fsp3) is 0.476. The molecule has 0 spiro atoms. The Bertz CT molecular complexity index is 868. The highest BCUT2D eigenvalue weighted by Gasteiger charge is 2.27. The minimum atomic E-state index is 0.0271. The van der Waals surface area contributed by atoms with Gasteiger partial charge in [0.2, 0.25) is 5.95 Å². The molecule has 28 heavy (non-hydrogen) atoms. The van der Waals surface area contributed by atoms with E-state index in [2.05, 4.69) is 65.2 Å². The van der Waals surface area contributed by atoms with Crippen LogP contribution in [0.5, 0.6) is 0 Å². The Morgan fingerprint density at radius 2 is 1.71 bits per heavy atom. The van der Waals surface area contributed by atoms with Crippen molar-refractivity contribution in [1.82, 2.24) is 19.7 Å². The lowest BCUT2D eigenvalue weighted by Gasteiger charge is -2.25. The van der Waals surface area contributed by atoms with Crippen LogP contribution in [-0.2, 0) is 6.54 Å². The molecule has 2 heterocycles. The summed E-state index contributed by atoms with van der Waals surface area (Å²) in [4.78, 5) is 4.86. The molecule has 0 amide bonds. The zero-order valence-electron chi connectivity index (χ0n) is 17.4. The van der Waals surface area contributed by atoms with E-state index in [9.17, 15) is 0 Å². The van der Waals surface area contributed by atoms with Gasteiger partial charge in [0.15, 0.2) is 11.5 Å². The van der Waals surface area contributed by atoms with Gasteiger partial charge in [0.1, 0.15) is 0 Å². The number of anilines is 2. The van der Waals surface area contributed by atoms with Crippen molar-refractivity contribution in [3.63, 3.8) is 0 Å². The SMILES string of the molecule is CC(N)CNc1nc(NCc2ccccc2)c2nnc(C(C)C)c-2n1C(C)C. The molecule has 0 aromatic heterocycles. The summed E-state index contributed by atoms with van der Waals surface area (Å²) in [5.74, 6) is 1.79. The number of fused-ring (bicyclic) bond motifs is 1. The van der Waals surface area contributed by atoms with E-state index < -0.39 is 0 Å². The first-order chi connectivity index (χ1) is 13.4. The number of nitrogens with two attached hydrogens (primary N) is 1. The Kier molecular flexibility index (Phi) is 6.14. The molecule has 0 saturated heterocycles. The van der Waals surface area contributed by atoms with Crippen molar-refractivity contribution in [3.8, 4) is 11.4 Å². The van der Waals surface area contributed by atoms with E-state index in [1.165, 1.54) is 5.56 Å². The molecule has 0 bridgehead atoms. The van der Waals surface area contributed by atoms with Gasteiger partial charge >= 0.3 is 0 Å². The van der Waals surface area contributed by atoms with Crippen LogP contribution in [0.2, 0.25) is 0 Å². The van der Waals surface area contributed by atoms with Crippen molar-refractivity contribution in [2.75, 3.05) is 17.2 Å². The van der Waals surface area contributed by atoms with Gasteiger partial charge in [-0.15, -0.1) is 5.10 Å². The maximum Gasteiger partial charge on any atom is 0.205 e. The van der Waals surface area contributed by atoms with Crippen molar-refractivity contribution < 1.29 is 0 Å². The third kappa shape index (κ3) is 4.25. The van der Waals surface area contributed by atoms with Crippen LogP contribution in [0.3, 0.4) is 0 Å². The number of nitrogens with zero attached hydrogens (tertiary/aromatic N) is 4.